The molecular formula is C20H21N5O5. The van der Waals surface area contributed by atoms with Crippen molar-refractivity contribution in [3.05, 3.63) is 64.5 Å². The van der Waals surface area contributed by atoms with Crippen LogP contribution >= 0.6 is 0 Å². The number of carbonyl (C=O) groups is 1. The number of hydrogen-bond donors (Lipinski definition) is 1. The first-order valence-corrected chi connectivity index (χ1v) is 9.59. The van der Waals surface area contributed by atoms with Crippen LogP contribution in [0.3, 0.4) is 0 Å². The Hall–Kier alpha value is -3.50. The van der Waals surface area contributed by atoms with Crippen molar-refractivity contribution in [2.75, 3.05) is 39.4 Å². The number of furan rings is 1. The van der Waals surface area contributed by atoms with E-state index in [0.29, 0.717) is 43.4 Å². The first kappa shape index (κ1) is 19.8. The Morgan fingerprint density at radius 2 is 2.03 bits per heavy atom. The van der Waals surface area contributed by atoms with Gasteiger partial charge in [-0.25, -0.2) is 4.68 Å². The van der Waals surface area contributed by atoms with Crippen LogP contribution in [0.2, 0.25) is 0 Å². The Morgan fingerprint density at radius 3 is 2.77 bits per heavy atom. The van der Waals surface area contributed by atoms with Crippen LogP contribution in [0.25, 0.3) is 17.1 Å². The normalized spacial score (nSPS) is 14.5. The number of carbonyl (C=O) groups excluding carboxylic acids is 1. The number of benzene rings is 1. The molecule has 0 bridgehead atoms. The number of nitrogens with one attached hydrogen (secondary N) is 1. The van der Waals surface area contributed by atoms with Crippen LogP contribution in [0, 0.1) is 10.1 Å². The van der Waals surface area contributed by atoms with E-state index in [1.807, 2.05) is 0 Å². The minimum Gasteiger partial charge on any atom is -0.463 e. The Kier molecular flexibility index (Phi) is 5.87. The fraction of sp³-hybridized carbons (Fsp3) is 0.300. The summed E-state index contributed by atoms with van der Waals surface area (Å²) in [5, 5.41) is 18.5. The monoisotopic (exact) mass is 411 g/mol. The summed E-state index contributed by atoms with van der Waals surface area (Å²) >= 11 is 0. The van der Waals surface area contributed by atoms with Crippen molar-refractivity contribution in [3.8, 4) is 17.1 Å². The molecule has 1 saturated heterocycles. The van der Waals surface area contributed by atoms with Crippen molar-refractivity contribution in [1.82, 2.24) is 20.0 Å². The smallest absolute Gasteiger partial charge is 0.271 e. The highest BCUT2D eigenvalue weighted by molar-refractivity contribution is 5.94. The van der Waals surface area contributed by atoms with Crippen molar-refractivity contribution >= 4 is 11.6 Å². The zero-order valence-electron chi connectivity index (χ0n) is 16.2. The summed E-state index contributed by atoms with van der Waals surface area (Å²) in [6.07, 6.45) is 1.52. The number of amides is 1. The molecule has 4 rings (SSSR count). The van der Waals surface area contributed by atoms with Gasteiger partial charge in [0.05, 0.1) is 30.1 Å². The van der Waals surface area contributed by atoms with Gasteiger partial charge in [-0.15, -0.1) is 0 Å². The van der Waals surface area contributed by atoms with E-state index in [2.05, 4.69) is 15.3 Å². The Balaban J connectivity index is 1.58. The second-order valence-electron chi connectivity index (χ2n) is 6.79. The first-order valence-electron chi connectivity index (χ1n) is 9.59. The molecule has 1 aromatic carbocycles. The summed E-state index contributed by atoms with van der Waals surface area (Å²) in [6, 6.07) is 11.1. The lowest BCUT2D eigenvalue weighted by atomic mass is 10.2. The van der Waals surface area contributed by atoms with Gasteiger partial charge in [-0.05, 0) is 18.2 Å². The summed E-state index contributed by atoms with van der Waals surface area (Å²) in [4.78, 5) is 25.8. The van der Waals surface area contributed by atoms with Gasteiger partial charge < -0.3 is 14.5 Å². The molecule has 10 heteroatoms. The molecule has 10 nitrogen and oxygen atoms in total. The Labute approximate surface area is 172 Å². The zero-order chi connectivity index (χ0) is 20.9. The van der Waals surface area contributed by atoms with Crippen LogP contribution in [-0.2, 0) is 4.74 Å². The van der Waals surface area contributed by atoms with Crippen LogP contribution < -0.4 is 5.32 Å². The number of nitro groups is 1. The van der Waals surface area contributed by atoms with Crippen molar-refractivity contribution < 1.29 is 18.9 Å². The molecule has 0 spiro atoms. The number of aromatic nitrogens is 2. The molecule has 1 aliphatic rings. The third-order valence-corrected chi connectivity index (χ3v) is 4.82. The third-order valence-electron chi connectivity index (χ3n) is 4.82. The molecule has 1 amide bonds. The van der Waals surface area contributed by atoms with Gasteiger partial charge in [0, 0.05) is 44.4 Å². The van der Waals surface area contributed by atoms with E-state index < -0.39 is 4.92 Å². The number of morpholine rings is 1. The largest absolute Gasteiger partial charge is 0.463 e. The summed E-state index contributed by atoms with van der Waals surface area (Å²) in [6.45, 7) is 4.24. The molecular weight excluding hydrogens is 390 g/mol. The van der Waals surface area contributed by atoms with E-state index in [-0.39, 0.29) is 17.3 Å². The number of hydrogen-bond acceptors (Lipinski definition) is 7. The Morgan fingerprint density at radius 1 is 1.20 bits per heavy atom. The lowest BCUT2D eigenvalue weighted by Gasteiger charge is -2.26. The lowest BCUT2D eigenvalue weighted by Crippen LogP contribution is -2.41. The molecule has 0 radical (unpaired) electrons. The van der Waals surface area contributed by atoms with Gasteiger partial charge in [0.15, 0.2) is 5.76 Å². The van der Waals surface area contributed by atoms with Crippen molar-refractivity contribution in [1.29, 1.82) is 0 Å². The molecule has 0 saturated carbocycles. The van der Waals surface area contributed by atoms with Gasteiger partial charge >= 0.3 is 0 Å². The fourth-order valence-electron chi connectivity index (χ4n) is 3.27. The predicted molar refractivity (Wildman–Crippen MR) is 108 cm³/mol. The van der Waals surface area contributed by atoms with E-state index in [1.165, 1.54) is 23.1 Å². The number of ether oxygens (including phenoxy) is 1. The molecule has 1 aliphatic heterocycles. The lowest BCUT2D eigenvalue weighted by molar-refractivity contribution is -0.384. The van der Waals surface area contributed by atoms with Crippen LogP contribution in [0.15, 0.2) is 53.1 Å². The van der Waals surface area contributed by atoms with Crippen LogP contribution in [-0.4, -0.2) is 64.9 Å². The molecule has 156 valence electrons. The molecule has 0 aliphatic carbocycles. The maximum absolute atomic E-state index is 12.9. The second-order valence-corrected chi connectivity index (χ2v) is 6.79. The number of nitrogens with zero attached hydrogens (tertiary/aromatic N) is 4. The van der Waals surface area contributed by atoms with Gasteiger partial charge in [-0.3, -0.25) is 19.8 Å². The molecule has 3 aromatic rings. The van der Waals surface area contributed by atoms with Crippen LogP contribution in [0.1, 0.15) is 10.5 Å². The van der Waals surface area contributed by atoms with E-state index >= 15 is 0 Å². The predicted octanol–water partition coefficient (Wildman–Crippen LogP) is 2.10. The second kappa shape index (κ2) is 8.89. The van der Waals surface area contributed by atoms with Gasteiger partial charge in [0.2, 0.25) is 0 Å². The highest BCUT2D eigenvalue weighted by Gasteiger charge is 2.20. The topological polar surface area (TPSA) is 116 Å². The van der Waals surface area contributed by atoms with Gasteiger partial charge in [0.25, 0.3) is 11.6 Å². The minimum atomic E-state index is -0.484. The molecule has 3 heterocycles. The molecule has 0 unspecified atom stereocenters. The van der Waals surface area contributed by atoms with Crippen LogP contribution in [0.4, 0.5) is 5.69 Å². The summed E-state index contributed by atoms with van der Waals surface area (Å²) in [5.41, 5.74) is 1.07. The highest BCUT2D eigenvalue weighted by Crippen LogP contribution is 2.24. The Bertz CT molecular complexity index is 1020. The van der Waals surface area contributed by atoms with E-state index in [4.69, 9.17) is 9.15 Å². The van der Waals surface area contributed by atoms with E-state index in [0.717, 1.165) is 13.1 Å². The number of nitro benzene ring substituents is 1. The van der Waals surface area contributed by atoms with Crippen molar-refractivity contribution in [3.63, 3.8) is 0 Å². The molecule has 0 atom stereocenters. The number of rotatable bonds is 7. The summed E-state index contributed by atoms with van der Waals surface area (Å²) < 4.78 is 12.1. The molecule has 2 aromatic heterocycles. The molecule has 1 N–H and O–H groups in total. The van der Waals surface area contributed by atoms with E-state index in [1.54, 1.807) is 30.3 Å². The van der Waals surface area contributed by atoms with Crippen molar-refractivity contribution in [2.45, 2.75) is 0 Å². The average molecular weight is 411 g/mol. The quantitative estimate of drug-likeness (QED) is 0.467. The fourth-order valence-corrected chi connectivity index (χ4v) is 3.27. The zero-order valence-corrected chi connectivity index (χ0v) is 16.2. The van der Waals surface area contributed by atoms with Gasteiger partial charge in [0.1, 0.15) is 11.4 Å². The van der Waals surface area contributed by atoms with Gasteiger partial charge in [-0.2, -0.15) is 5.10 Å². The van der Waals surface area contributed by atoms with E-state index in [9.17, 15) is 14.9 Å². The van der Waals surface area contributed by atoms with Crippen LogP contribution in [0.5, 0.6) is 0 Å². The first-order chi connectivity index (χ1) is 14.6. The minimum absolute atomic E-state index is 0.0822. The summed E-state index contributed by atoms with van der Waals surface area (Å²) in [7, 11) is 0. The van der Waals surface area contributed by atoms with Gasteiger partial charge in [-0.1, -0.05) is 6.07 Å². The maximum atomic E-state index is 12.9. The SMILES string of the molecule is O=C(NCCN1CCOCC1)c1cc(-c2ccco2)nn1-c1cccc([N+](=O)[O-])c1. The standard InChI is InChI=1S/C20H21N5O5/c26-20(21-6-7-23-8-11-29-12-9-23)18-14-17(19-5-2-10-30-19)22-24(18)15-3-1-4-16(13-15)25(27)28/h1-5,10,13-14H,6-9,11-12H2,(H,21,26). The third kappa shape index (κ3) is 4.39. The maximum Gasteiger partial charge on any atom is 0.271 e. The number of non-ortho nitro benzene ring substituents is 1. The highest BCUT2D eigenvalue weighted by atomic mass is 16.6. The molecule has 30 heavy (non-hydrogen) atoms. The summed E-state index contributed by atoms with van der Waals surface area (Å²) in [5.74, 6) is 0.182. The average Bonchev–Trinajstić information content (AvgIpc) is 3.44. The van der Waals surface area contributed by atoms with Crippen molar-refractivity contribution in [2.24, 2.45) is 0 Å². The molecule has 1 fully saturated rings.